The summed E-state index contributed by atoms with van der Waals surface area (Å²) in [7, 11) is 0.537. The standard InChI is InChI=1S/C12H20N4O3S/c1-13-10-7-11(16-12(15-10)8-19-2)14-9-3-5-20(17,18)6-4-9/h7,9H,3-6,8H2,1-2H3,(H2,13,14,15,16). The molecule has 0 spiro atoms. The van der Waals surface area contributed by atoms with Gasteiger partial charge in [0.2, 0.25) is 0 Å². The van der Waals surface area contributed by atoms with Crippen molar-refractivity contribution in [3.8, 4) is 0 Å². The van der Waals surface area contributed by atoms with E-state index in [1.165, 1.54) is 0 Å². The lowest BCUT2D eigenvalue weighted by Gasteiger charge is -2.23. The number of nitrogens with zero attached hydrogens (tertiary/aromatic N) is 2. The van der Waals surface area contributed by atoms with E-state index in [0.29, 0.717) is 36.9 Å². The number of hydrogen-bond donors (Lipinski definition) is 2. The lowest BCUT2D eigenvalue weighted by Crippen LogP contribution is -2.32. The van der Waals surface area contributed by atoms with Gasteiger partial charge in [-0.3, -0.25) is 0 Å². The molecule has 2 N–H and O–H groups in total. The third-order valence-electron chi connectivity index (χ3n) is 3.21. The highest BCUT2D eigenvalue weighted by Gasteiger charge is 2.23. The van der Waals surface area contributed by atoms with E-state index in [4.69, 9.17) is 4.74 Å². The lowest BCUT2D eigenvalue weighted by molar-refractivity contribution is 0.178. The minimum absolute atomic E-state index is 0.133. The summed E-state index contributed by atoms with van der Waals surface area (Å²) in [5.41, 5.74) is 0. The number of aromatic nitrogens is 2. The Morgan fingerprint density at radius 1 is 1.30 bits per heavy atom. The molecule has 2 rings (SSSR count). The maximum atomic E-state index is 11.4. The van der Waals surface area contributed by atoms with Crippen molar-refractivity contribution in [3.63, 3.8) is 0 Å². The molecule has 112 valence electrons. The third-order valence-corrected chi connectivity index (χ3v) is 4.92. The van der Waals surface area contributed by atoms with E-state index in [0.717, 1.165) is 0 Å². The highest BCUT2D eigenvalue weighted by molar-refractivity contribution is 7.91. The Morgan fingerprint density at radius 2 is 1.95 bits per heavy atom. The molecule has 0 atom stereocenters. The van der Waals surface area contributed by atoms with E-state index in [9.17, 15) is 8.42 Å². The van der Waals surface area contributed by atoms with Crippen LogP contribution in [0.1, 0.15) is 18.7 Å². The summed E-state index contributed by atoms with van der Waals surface area (Å²) in [5.74, 6) is 2.46. The summed E-state index contributed by atoms with van der Waals surface area (Å²) in [5, 5.41) is 6.25. The number of rotatable bonds is 5. The molecule has 1 saturated heterocycles. The molecule has 1 fully saturated rings. The van der Waals surface area contributed by atoms with Crippen molar-refractivity contribution in [3.05, 3.63) is 11.9 Å². The predicted octanol–water partition coefficient (Wildman–Crippen LogP) is 0.654. The van der Waals surface area contributed by atoms with Gasteiger partial charge in [-0.1, -0.05) is 0 Å². The Morgan fingerprint density at radius 3 is 2.55 bits per heavy atom. The number of sulfone groups is 1. The second-order valence-corrected chi connectivity index (χ2v) is 7.11. The van der Waals surface area contributed by atoms with Gasteiger partial charge in [-0.25, -0.2) is 18.4 Å². The topological polar surface area (TPSA) is 93.2 Å². The quantitative estimate of drug-likeness (QED) is 0.824. The highest BCUT2D eigenvalue weighted by Crippen LogP contribution is 2.18. The number of hydrogen-bond acceptors (Lipinski definition) is 7. The van der Waals surface area contributed by atoms with Crippen LogP contribution in [0.2, 0.25) is 0 Å². The van der Waals surface area contributed by atoms with E-state index in [1.807, 2.05) is 6.07 Å². The Bertz CT molecular complexity index is 548. The minimum atomic E-state index is -2.84. The molecule has 7 nitrogen and oxygen atoms in total. The fourth-order valence-corrected chi connectivity index (χ4v) is 3.63. The molecule has 1 aliphatic rings. The number of nitrogens with one attached hydrogen (secondary N) is 2. The Kier molecular flexibility index (Phi) is 4.77. The Balaban J connectivity index is 2.07. The summed E-state index contributed by atoms with van der Waals surface area (Å²) in [4.78, 5) is 8.64. The monoisotopic (exact) mass is 300 g/mol. The molecular formula is C12H20N4O3S. The van der Waals surface area contributed by atoms with Crippen molar-refractivity contribution in [1.29, 1.82) is 0 Å². The van der Waals surface area contributed by atoms with Crippen LogP contribution in [0.15, 0.2) is 6.07 Å². The van der Waals surface area contributed by atoms with Gasteiger partial charge in [0.25, 0.3) is 0 Å². The molecule has 0 bridgehead atoms. The summed E-state index contributed by atoms with van der Waals surface area (Å²) in [6, 6.07) is 1.94. The number of ether oxygens (including phenoxy) is 1. The lowest BCUT2D eigenvalue weighted by atomic mass is 10.1. The predicted molar refractivity (Wildman–Crippen MR) is 77.6 cm³/mol. The summed E-state index contributed by atoms with van der Waals surface area (Å²) in [6.07, 6.45) is 1.22. The van der Waals surface area contributed by atoms with Crippen LogP contribution in [0.25, 0.3) is 0 Å². The van der Waals surface area contributed by atoms with Crippen LogP contribution in [-0.2, 0) is 21.2 Å². The molecule has 0 aliphatic carbocycles. The van der Waals surface area contributed by atoms with Crippen molar-refractivity contribution in [2.45, 2.75) is 25.5 Å². The average Bonchev–Trinajstić information content (AvgIpc) is 2.41. The fourth-order valence-electron chi connectivity index (χ4n) is 2.14. The normalized spacial score (nSPS) is 18.7. The van der Waals surface area contributed by atoms with E-state index in [2.05, 4.69) is 20.6 Å². The first kappa shape index (κ1) is 15.0. The van der Waals surface area contributed by atoms with E-state index >= 15 is 0 Å². The molecule has 1 aromatic rings. The largest absolute Gasteiger partial charge is 0.377 e. The molecule has 1 aliphatic heterocycles. The Hall–Kier alpha value is -1.41. The highest BCUT2D eigenvalue weighted by atomic mass is 32.2. The zero-order chi connectivity index (χ0) is 14.6. The summed E-state index contributed by atoms with van der Waals surface area (Å²) >= 11 is 0. The van der Waals surface area contributed by atoms with Crippen LogP contribution in [0.4, 0.5) is 11.6 Å². The molecule has 20 heavy (non-hydrogen) atoms. The number of anilines is 2. The SMILES string of the molecule is CNc1cc(NC2CCS(=O)(=O)CC2)nc(COC)n1. The molecule has 0 saturated carbocycles. The average molecular weight is 300 g/mol. The summed E-state index contributed by atoms with van der Waals surface area (Å²) in [6.45, 7) is 0.337. The molecule has 2 heterocycles. The van der Waals surface area contributed by atoms with Gasteiger partial charge in [0.1, 0.15) is 28.1 Å². The van der Waals surface area contributed by atoms with Crippen molar-refractivity contribution >= 4 is 21.5 Å². The molecule has 0 radical (unpaired) electrons. The zero-order valence-electron chi connectivity index (χ0n) is 11.7. The van der Waals surface area contributed by atoms with Crippen LogP contribution in [0, 0.1) is 0 Å². The molecule has 0 unspecified atom stereocenters. The first-order valence-electron chi connectivity index (χ1n) is 6.54. The Labute approximate surface area is 119 Å². The van der Waals surface area contributed by atoms with Gasteiger partial charge in [-0.15, -0.1) is 0 Å². The van der Waals surface area contributed by atoms with E-state index in [1.54, 1.807) is 14.2 Å². The number of methoxy groups -OCH3 is 1. The summed E-state index contributed by atoms with van der Waals surface area (Å²) < 4.78 is 27.9. The molecular weight excluding hydrogens is 280 g/mol. The maximum absolute atomic E-state index is 11.4. The van der Waals surface area contributed by atoms with Gasteiger partial charge in [-0.2, -0.15) is 0 Å². The minimum Gasteiger partial charge on any atom is -0.377 e. The van der Waals surface area contributed by atoms with Crippen LogP contribution in [0.5, 0.6) is 0 Å². The first-order valence-corrected chi connectivity index (χ1v) is 8.36. The van der Waals surface area contributed by atoms with Crippen molar-refractivity contribution < 1.29 is 13.2 Å². The van der Waals surface area contributed by atoms with Gasteiger partial charge in [0, 0.05) is 26.3 Å². The smallest absolute Gasteiger partial charge is 0.158 e. The van der Waals surface area contributed by atoms with Gasteiger partial charge in [0.15, 0.2) is 5.82 Å². The van der Waals surface area contributed by atoms with Crippen LogP contribution in [-0.4, -0.2) is 50.1 Å². The zero-order valence-corrected chi connectivity index (χ0v) is 12.5. The van der Waals surface area contributed by atoms with E-state index in [-0.39, 0.29) is 17.5 Å². The van der Waals surface area contributed by atoms with Crippen molar-refractivity contribution in [2.75, 3.05) is 36.3 Å². The first-order chi connectivity index (χ1) is 9.52. The van der Waals surface area contributed by atoms with Gasteiger partial charge >= 0.3 is 0 Å². The van der Waals surface area contributed by atoms with Gasteiger partial charge in [0.05, 0.1) is 11.5 Å². The van der Waals surface area contributed by atoms with Crippen LogP contribution >= 0.6 is 0 Å². The van der Waals surface area contributed by atoms with Crippen LogP contribution < -0.4 is 10.6 Å². The fraction of sp³-hybridized carbons (Fsp3) is 0.667. The molecule has 0 aromatic carbocycles. The maximum Gasteiger partial charge on any atom is 0.158 e. The second kappa shape index (κ2) is 6.36. The van der Waals surface area contributed by atoms with E-state index < -0.39 is 9.84 Å². The second-order valence-electron chi connectivity index (χ2n) is 4.81. The third kappa shape index (κ3) is 4.04. The van der Waals surface area contributed by atoms with Gasteiger partial charge in [-0.05, 0) is 12.8 Å². The van der Waals surface area contributed by atoms with Crippen molar-refractivity contribution in [2.24, 2.45) is 0 Å². The van der Waals surface area contributed by atoms with Crippen LogP contribution in [0.3, 0.4) is 0 Å². The van der Waals surface area contributed by atoms with Crippen molar-refractivity contribution in [1.82, 2.24) is 9.97 Å². The van der Waals surface area contributed by atoms with Gasteiger partial charge < -0.3 is 15.4 Å². The molecule has 8 heteroatoms. The molecule has 1 aromatic heterocycles. The molecule has 0 amide bonds.